The van der Waals surface area contributed by atoms with Crippen LogP contribution in [0, 0.1) is 12.8 Å². The van der Waals surface area contributed by atoms with E-state index < -0.39 is 27.3 Å². The van der Waals surface area contributed by atoms with Gasteiger partial charge in [0.2, 0.25) is 10.0 Å². The molecule has 2 N–H and O–H groups in total. The zero-order valence-corrected chi connectivity index (χ0v) is 16.8. The van der Waals surface area contributed by atoms with Crippen LogP contribution < -0.4 is 15.8 Å². The van der Waals surface area contributed by atoms with Gasteiger partial charge in [-0.25, -0.2) is 13.8 Å². The van der Waals surface area contributed by atoms with E-state index in [0.29, 0.717) is 32.6 Å². The molecule has 2 aliphatic rings. The van der Waals surface area contributed by atoms with E-state index in [2.05, 4.69) is 21.8 Å². The average molecular weight is 397 g/mol. The molecule has 3 atom stereocenters. The third kappa shape index (κ3) is 3.96. The Bertz CT molecular complexity index is 777. The van der Waals surface area contributed by atoms with Crippen molar-refractivity contribution in [3.8, 4) is 0 Å². The minimum Gasteiger partial charge on any atom is -0.469 e. The van der Waals surface area contributed by atoms with Crippen molar-refractivity contribution < 1.29 is 17.9 Å². The van der Waals surface area contributed by atoms with Gasteiger partial charge in [-0.05, 0) is 31.0 Å². The number of anilines is 1. The van der Waals surface area contributed by atoms with Crippen LogP contribution in [0.5, 0.6) is 0 Å². The summed E-state index contributed by atoms with van der Waals surface area (Å²) in [5, 5.41) is -1.01. The number of nitrogens with zero attached hydrogens (tertiary/aromatic N) is 2. The molecule has 0 saturated carbocycles. The quantitative estimate of drug-likeness (QED) is 0.698. The lowest BCUT2D eigenvalue weighted by atomic mass is 10.00. The first-order chi connectivity index (χ1) is 12.9. The van der Waals surface area contributed by atoms with Gasteiger partial charge in [0.25, 0.3) is 0 Å². The number of hydrazine groups is 1. The minimum absolute atomic E-state index is 0.272. The van der Waals surface area contributed by atoms with Crippen LogP contribution in [-0.2, 0) is 19.6 Å². The number of sulfonamides is 1. The van der Waals surface area contributed by atoms with Gasteiger partial charge in [0.05, 0.1) is 7.11 Å². The van der Waals surface area contributed by atoms with Gasteiger partial charge in [-0.2, -0.15) is 4.31 Å². The number of nitrogens with one attached hydrogen (secondary N) is 2. The summed E-state index contributed by atoms with van der Waals surface area (Å²) in [6, 6.07) is 7.92. The molecule has 0 amide bonds. The first-order valence-electron chi connectivity index (χ1n) is 9.28. The van der Waals surface area contributed by atoms with Crippen LogP contribution in [0.1, 0.15) is 18.9 Å². The molecule has 150 valence electrons. The molecule has 1 aromatic carbocycles. The van der Waals surface area contributed by atoms with Crippen molar-refractivity contribution in [3.05, 3.63) is 29.8 Å². The predicted octanol–water partition coefficient (Wildman–Crippen LogP) is 0.449. The molecule has 0 aliphatic carbocycles. The number of aryl methyl sites for hydroxylation is 1. The summed E-state index contributed by atoms with van der Waals surface area (Å²) in [7, 11) is -2.40. The van der Waals surface area contributed by atoms with Gasteiger partial charge in [0, 0.05) is 37.9 Å². The molecule has 9 heteroatoms. The fourth-order valence-electron chi connectivity index (χ4n) is 3.81. The molecule has 1 aromatic rings. The molecule has 0 radical (unpaired) electrons. The fourth-order valence-corrected chi connectivity index (χ4v) is 5.69. The lowest BCUT2D eigenvalue weighted by molar-refractivity contribution is -0.145. The third-order valence-corrected chi connectivity index (χ3v) is 7.51. The molecule has 2 aliphatic heterocycles. The van der Waals surface area contributed by atoms with Crippen molar-refractivity contribution >= 4 is 21.7 Å². The largest absolute Gasteiger partial charge is 0.469 e. The van der Waals surface area contributed by atoms with Gasteiger partial charge >= 0.3 is 5.97 Å². The fraction of sp³-hybridized carbons (Fsp3) is 0.611. The summed E-state index contributed by atoms with van der Waals surface area (Å²) in [4.78, 5) is 14.4. The Kier molecular flexibility index (Phi) is 6.05. The topological polar surface area (TPSA) is 91.0 Å². The average Bonchev–Trinajstić information content (AvgIpc) is 3.12. The Labute approximate surface area is 160 Å². The van der Waals surface area contributed by atoms with E-state index >= 15 is 0 Å². The standard InChI is InChI=1S/C18H28N4O4S/c1-4-15-16(18(23)26-3)17(20-19-15)27(24,25)22-10-8-21(9-11-22)14-7-5-6-13(2)12-14/h5-7,12,15-17,19-20H,4,8-11H2,1-3H3. The van der Waals surface area contributed by atoms with E-state index in [1.165, 1.54) is 17.0 Å². The highest BCUT2D eigenvalue weighted by Gasteiger charge is 2.49. The van der Waals surface area contributed by atoms with Crippen molar-refractivity contribution in [1.29, 1.82) is 0 Å². The number of methoxy groups -OCH3 is 1. The van der Waals surface area contributed by atoms with Crippen LogP contribution in [0.15, 0.2) is 24.3 Å². The van der Waals surface area contributed by atoms with E-state index in [9.17, 15) is 13.2 Å². The van der Waals surface area contributed by atoms with E-state index in [1.54, 1.807) is 0 Å². The Morgan fingerprint density at radius 3 is 2.52 bits per heavy atom. The van der Waals surface area contributed by atoms with Crippen LogP contribution in [0.3, 0.4) is 0 Å². The van der Waals surface area contributed by atoms with E-state index in [-0.39, 0.29) is 6.04 Å². The van der Waals surface area contributed by atoms with Gasteiger partial charge in [-0.15, -0.1) is 0 Å². The molecule has 3 rings (SSSR count). The Morgan fingerprint density at radius 1 is 1.22 bits per heavy atom. The summed E-state index contributed by atoms with van der Waals surface area (Å²) in [5.74, 6) is -1.27. The molecule has 3 unspecified atom stereocenters. The molecule has 0 bridgehead atoms. The van der Waals surface area contributed by atoms with Crippen LogP contribution in [0.2, 0.25) is 0 Å². The van der Waals surface area contributed by atoms with Gasteiger partial charge in [-0.1, -0.05) is 19.1 Å². The maximum absolute atomic E-state index is 13.2. The monoisotopic (exact) mass is 396 g/mol. The first-order valence-corrected chi connectivity index (χ1v) is 10.8. The summed E-state index contributed by atoms with van der Waals surface area (Å²) in [5.41, 5.74) is 8.04. The number of hydrogen-bond acceptors (Lipinski definition) is 7. The molecule has 27 heavy (non-hydrogen) atoms. The van der Waals surface area contributed by atoms with Crippen LogP contribution in [0.4, 0.5) is 5.69 Å². The Balaban J connectivity index is 1.72. The second-order valence-electron chi connectivity index (χ2n) is 7.04. The highest BCUT2D eigenvalue weighted by atomic mass is 32.2. The van der Waals surface area contributed by atoms with Gasteiger partial charge in [0.15, 0.2) is 5.37 Å². The lowest BCUT2D eigenvalue weighted by Gasteiger charge is -2.37. The third-order valence-electron chi connectivity index (χ3n) is 5.37. The normalized spacial score (nSPS) is 26.9. The molecule has 2 heterocycles. The lowest BCUT2D eigenvalue weighted by Crippen LogP contribution is -2.55. The SMILES string of the molecule is CCC1NNC(S(=O)(=O)N2CCN(c3cccc(C)c3)CC2)C1C(=O)OC. The maximum Gasteiger partial charge on any atom is 0.313 e. The Hall–Kier alpha value is -1.68. The van der Waals surface area contributed by atoms with Crippen LogP contribution >= 0.6 is 0 Å². The van der Waals surface area contributed by atoms with Gasteiger partial charge in [0.1, 0.15) is 5.92 Å². The zero-order chi connectivity index (χ0) is 19.6. The summed E-state index contributed by atoms with van der Waals surface area (Å²) in [6.45, 7) is 5.95. The number of esters is 1. The van der Waals surface area contributed by atoms with Crippen molar-refractivity contribution in [3.63, 3.8) is 0 Å². The molecular weight excluding hydrogens is 368 g/mol. The van der Waals surface area contributed by atoms with E-state index in [1.807, 2.05) is 32.0 Å². The van der Waals surface area contributed by atoms with Crippen molar-refractivity contribution in [2.75, 3.05) is 38.2 Å². The smallest absolute Gasteiger partial charge is 0.313 e. The highest BCUT2D eigenvalue weighted by molar-refractivity contribution is 7.89. The number of piperazine rings is 1. The van der Waals surface area contributed by atoms with Crippen LogP contribution in [-0.4, -0.2) is 63.4 Å². The van der Waals surface area contributed by atoms with Crippen molar-refractivity contribution in [2.24, 2.45) is 5.92 Å². The first kappa shape index (κ1) is 20.1. The molecule has 0 aromatic heterocycles. The minimum atomic E-state index is -3.69. The van der Waals surface area contributed by atoms with Crippen LogP contribution in [0.25, 0.3) is 0 Å². The summed E-state index contributed by atoms with van der Waals surface area (Å²) >= 11 is 0. The van der Waals surface area contributed by atoms with E-state index in [4.69, 9.17) is 4.74 Å². The van der Waals surface area contributed by atoms with Gasteiger partial charge in [-0.3, -0.25) is 10.2 Å². The summed E-state index contributed by atoms with van der Waals surface area (Å²) in [6.07, 6.45) is 0.625. The molecule has 0 spiro atoms. The second kappa shape index (κ2) is 8.14. The zero-order valence-electron chi connectivity index (χ0n) is 16.0. The van der Waals surface area contributed by atoms with Gasteiger partial charge < -0.3 is 9.64 Å². The van der Waals surface area contributed by atoms with Crippen molar-refractivity contribution in [1.82, 2.24) is 15.2 Å². The summed E-state index contributed by atoms with van der Waals surface area (Å²) < 4.78 is 32.7. The van der Waals surface area contributed by atoms with E-state index in [0.717, 1.165) is 5.69 Å². The number of carbonyl (C=O) groups excluding carboxylic acids is 1. The predicted molar refractivity (Wildman–Crippen MR) is 104 cm³/mol. The number of ether oxygens (including phenoxy) is 1. The number of carbonyl (C=O) groups is 1. The number of rotatable bonds is 5. The molecule has 8 nitrogen and oxygen atoms in total. The Morgan fingerprint density at radius 2 is 1.93 bits per heavy atom. The second-order valence-corrected chi connectivity index (χ2v) is 9.10. The molecule has 2 saturated heterocycles. The number of benzene rings is 1. The highest BCUT2D eigenvalue weighted by Crippen LogP contribution is 2.27. The van der Waals surface area contributed by atoms with Crippen molar-refractivity contribution in [2.45, 2.75) is 31.7 Å². The number of hydrogen-bond donors (Lipinski definition) is 2. The molecular formula is C18H28N4O4S. The maximum atomic E-state index is 13.2. The molecule has 2 fully saturated rings.